The summed E-state index contributed by atoms with van der Waals surface area (Å²) in [5, 5.41) is 2.99. The maximum Gasteiger partial charge on any atom is 0.230 e. The average molecular weight is 364 g/mol. The summed E-state index contributed by atoms with van der Waals surface area (Å²) < 4.78 is 1.97. The Bertz CT molecular complexity index is 958. The van der Waals surface area contributed by atoms with Crippen molar-refractivity contribution in [2.75, 3.05) is 43.4 Å². The van der Waals surface area contributed by atoms with Gasteiger partial charge < -0.3 is 19.5 Å². The minimum absolute atomic E-state index is 0.0613. The van der Waals surface area contributed by atoms with Crippen LogP contribution in [0.1, 0.15) is 11.3 Å². The van der Waals surface area contributed by atoms with Crippen molar-refractivity contribution in [3.8, 4) is 0 Å². The lowest BCUT2D eigenvalue weighted by molar-refractivity contribution is -0.115. The topological polar surface area (TPSA) is 65.8 Å². The largest absolute Gasteiger partial charge is 0.354 e. The van der Waals surface area contributed by atoms with E-state index >= 15 is 0 Å². The summed E-state index contributed by atoms with van der Waals surface area (Å²) in [5.74, 6) is 0.847. The van der Waals surface area contributed by atoms with Gasteiger partial charge in [0.05, 0.1) is 12.1 Å². The number of hydrogen-bond acceptors (Lipinski definition) is 5. The Labute approximate surface area is 158 Å². The monoisotopic (exact) mass is 364 g/mol. The Morgan fingerprint density at radius 2 is 2.00 bits per heavy atom. The number of hydrogen-bond donors (Lipinski definition) is 1. The number of rotatable bonds is 4. The number of nitrogens with zero attached hydrogens (tertiary/aromatic N) is 5. The van der Waals surface area contributed by atoms with E-state index in [1.54, 1.807) is 12.4 Å². The fourth-order valence-electron chi connectivity index (χ4n) is 3.41. The van der Waals surface area contributed by atoms with Gasteiger partial charge >= 0.3 is 0 Å². The molecule has 4 heterocycles. The summed E-state index contributed by atoms with van der Waals surface area (Å²) in [6.07, 6.45) is 5.73. The van der Waals surface area contributed by atoms with Crippen molar-refractivity contribution in [1.82, 2.24) is 19.3 Å². The number of imidazole rings is 1. The molecule has 0 radical (unpaired) electrons. The number of aromatic nitrogens is 3. The number of likely N-dealkylation sites (N-methyl/N-ethyl adjacent to an activating group) is 1. The predicted molar refractivity (Wildman–Crippen MR) is 106 cm³/mol. The molecule has 3 aromatic heterocycles. The number of pyridine rings is 2. The van der Waals surface area contributed by atoms with Gasteiger partial charge in [0.25, 0.3) is 0 Å². The zero-order chi connectivity index (χ0) is 18.8. The number of fused-ring (bicyclic) bond motifs is 1. The third-order valence-corrected chi connectivity index (χ3v) is 5.01. The molecule has 0 aromatic carbocycles. The van der Waals surface area contributed by atoms with Crippen LogP contribution >= 0.6 is 0 Å². The number of carbonyl (C=O) groups excluding carboxylic acids is 1. The molecule has 0 bridgehead atoms. The molecular formula is C20H24N6O. The Kier molecular flexibility index (Phi) is 4.77. The molecule has 27 heavy (non-hydrogen) atoms. The van der Waals surface area contributed by atoms with Crippen LogP contribution in [0.15, 0.2) is 42.9 Å². The molecule has 0 unspecified atom stereocenters. The molecule has 140 valence electrons. The van der Waals surface area contributed by atoms with Gasteiger partial charge in [-0.25, -0.2) is 9.97 Å². The van der Waals surface area contributed by atoms with Crippen LogP contribution < -0.4 is 10.2 Å². The van der Waals surface area contributed by atoms with Crippen molar-refractivity contribution in [2.45, 2.75) is 13.3 Å². The number of nitrogens with one attached hydrogen (secondary N) is 1. The Morgan fingerprint density at radius 3 is 2.81 bits per heavy atom. The van der Waals surface area contributed by atoms with Crippen LogP contribution in [-0.4, -0.2) is 58.4 Å². The fourth-order valence-corrected chi connectivity index (χ4v) is 3.41. The molecule has 4 rings (SSSR count). The maximum absolute atomic E-state index is 12.5. The first-order chi connectivity index (χ1) is 13.1. The van der Waals surface area contributed by atoms with Crippen molar-refractivity contribution in [3.05, 3.63) is 54.1 Å². The maximum atomic E-state index is 12.5. The van der Waals surface area contributed by atoms with Crippen LogP contribution in [0.25, 0.3) is 5.65 Å². The molecule has 1 saturated heterocycles. The highest BCUT2D eigenvalue weighted by Gasteiger charge is 2.16. The third kappa shape index (κ3) is 3.78. The van der Waals surface area contributed by atoms with E-state index in [4.69, 9.17) is 0 Å². The molecule has 0 saturated carbocycles. The number of amides is 1. The smallest absolute Gasteiger partial charge is 0.230 e. The molecule has 0 atom stereocenters. The van der Waals surface area contributed by atoms with Gasteiger partial charge in [0.1, 0.15) is 11.5 Å². The molecule has 3 aromatic rings. The van der Waals surface area contributed by atoms with E-state index in [2.05, 4.69) is 32.1 Å². The SMILES string of the molecule is Cc1cccn2c(CC(=O)Nc3ccnc(N4CCN(C)CC4)c3)cnc12. The molecule has 7 heteroatoms. The number of piperazine rings is 1. The molecular weight excluding hydrogens is 340 g/mol. The fraction of sp³-hybridized carbons (Fsp3) is 0.350. The summed E-state index contributed by atoms with van der Waals surface area (Å²) in [4.78, 5) is 26.0. The molecule has 1 amide bonds. The number of carbonyl (C=O) groups is 1. The molecule has 7 nitrogen and oxygen atoms in total. The van der Waals surface area contributed by atoms with E-state index in [0.29, 0.717) is 0 Å². The zero-order valence-electron chi connectivity index (χ0n) is 15.7. The Hall–Kier alpha value is -2.93. The van der Waals surface area contributed by atoms with Crippen molar-refractivity contribution >= 4 is 23.1 Å². The summed E-state index contributed by atoms with van der Waals surface area (Å²) in [5.41, 5.74) is 3.63. The van der Waals surface area contributed by atoms with Crippen molar-refractivity contribution in [1.29, 1.82) is 0 Å². The molecule has 1 aliphatic heterocycles. The lowest BCUT2D eigenvalue weighted by Crippen LogP contribution is -2.44. The van der Waals surface area contributed by atoms with Crippen molar-refractivity contribution in [3.63, 3.8) is 0 Å². The van der Waals surface area contributed by atoms with Crippen LogP contribution in [0.4, 0.5) is 11.5 Å². The van der Waals surface area contributed by atoms with E-state index in [1.165, 1.54) is 0 Å². The second kappa shape index (κ2) is 7.36. The first-order valence-corrected chi connectivity index (χ1v) is 9.21. The highest BCUT2D eigenvalue weighted by atomic mass is 16.1. The van der Waals surface area contributed by atoms with Crippen LogP contribution in [0.5, 0.6) is 0 Å². The Balaban J connectivity index is 1.45. The van der Waals surface area contributed by atoms with Gasteiger partial charge in [0, 0.05) is 56.5 Å². The molecule has 0 spiro atoms. The summed E-state index contributed by atoms with van der Waals surface area (Å²) in [6.45, 7) is 5.95. The lowest BCUT2D eigenvalue weighted by Gasteiger charge is -2.33. The second-order valence-corrected chi connectivity index (χ2v) is 7.05. The molecule has 1 N–H and O–H groups in total. The van der Waals surface area contributed by atoms with E-state index in [1.807, 2.05) is 41.8 Å². The average Bonchev–Trinajstić information content (AvgIpc) is 3.07. The molecule has 1 fully saturated rings. The van der Waals surface area contributed by atoms with Crippen LogP contribution in [0.3, 0.4) is 0 Å². The second-order valence-electron chi connectivity index (χ2n) is 7.05. The summed E-state index contributed by atoms with van der Waals surface area (Å²) in [7, 11) is 2.13. The standard InChI is InChI=1S/C20H24N6O/c1-15-4-3-7-26-17(14-22-20(15)26)13-19(27)23-16-5-6-21-18(12-16)25-10-8-24(2)9-11-25/h3-7,12,14H,8-11,13H2,1-2H3,(H,21,23,27). The van der Waals surface area contributed by atoms with Gasteiger partial charge in [-0.2, -0.15) is 0 Å². The van der Waals surface area contributed by atoms with E-state index in [9.17, 15) is 4.79 Å². The molecule has 1 aliphatic rings. The third-order valence-electron chi connectivity index (χ3n) is 5.01. The van der Waals surface area contributed by atoms with Crippen molar-refractivity contribution in [2.24, 2.45) is 0 Å². The normalized spacial score (nSPS) is 15.3. The summed E-state index contributed by atoms with van der Waals surface area (Å²) >= 11 is 0. The first kappa shape index (κ1) is 17.5. The van der Waals surface area contributed by atoms with Gasteiger partial charge in [-0.15, -0.1) is 0 Å². The van der Waals surface area contributed by atoms with E-state index in [-0.39, 0.29) is 12.3 Å². The van der Waals surface area contributed by atoms with E-state index in [0.717, 1.165) is 54.6 Å². The predicted octanol–water partition coefficient (Wildman–Crippen LogP) is 1.97. The zero-order valence-corrected chi connectivity index (χ0v) is 15.7. The van der Waals surface area contributed by atoms with Crippen LogP contribution in [0.2, 0.25) is 0 Å². The minimum Gasteiger partial charge on any atom is -0.354 e. The number of anilines is 2. The van der Waals surface area contributed by atoms with Gasteiger partial charge in [0.15, 0.2) is 0 Å². The minimum atomic E-state index is -0.0613. The van der Waals surface area contributed by atoms with Gasteiger partial charge in [-0.05, 0) is 31.7 Å². The van der Waals surface area contributed by atoms with Gasteiger partial charge in [-0.3, -0.25) is 4.79 Å². The van der Waals surface area contributed by atoms with Gasteiger partial charge in [0.2, 0.25) is 5.91 Å². The van der Waals surface area contributed by atoms with Crippen molar-refractivity contribution < 1.29 is 4.79 Å². The first-order valence-electron chi connectivity index (χ1n) is 9.21. The van der Waals surface area contributed by atoms with Gasteiger partial charge in [-0.1, -0.05) is 6.07 Å². The molecule has 0 aliphatic carbocycles. The van der Waals surface area contributed by atoms with Crippen LogP contribution in [-0.2, 0) is 11.2 Å². The van der Waals surface area contributed by atoms with E-state index < -0.39 is 0 Å². The number of aryl methyl sites for hydroxylation is 1. The quantitative estimate of drug-likeness (QED) is 0.767. The Morgan fingerprint density at radius 1 is 1.19 bits per heavy atom. The summed E-state index contributed by atoms with van der Waals surface area (Å²) in [6, 6.07) is 7.76. The van der Waals surface area contributed by atoms with Crippen LogP contribution in [0, 0.1) is 6.92 Å². The lowest BCUT2D eigenvalue weighted by atomic mass is 10.2. The highest BCUT2D eigenvalue weighted by molar-refractivity contribution is 5.92. The highest BCUT2D eigenvalue weighted by Crippen LogP contribution is 2.18.